The van der Waals surface area contributed by atoms with E-state index in [0.29, 0.717) is 19.6 Å². The fourth-order valence-corrected chi connectivity index (χ4v) is 3.11. The summed E-state index contributed by atoms with van der Waals surface area (Å²) in [6.07, 6.45) is 1.22. The molecule has 1 heterocycles. The van der Waals surface area contributed by atoms with Crippen molar-refractivity contribution in [2.45, 2.75) is 45.6 Å². The first-order valence-corrected chi connectivity index (χ1v) is 9.93. The number of carbonyl (C=O) groups is 3. The Morgan fingerprint density at radius 1 is 1.14 bits per heavy atom. The molecule has 1 aromatic carbocycles. The van der Waals surface area contributed by atoms with Gasteiger partial charge in [0, 0.05) is 32.6 Å². The van der Waals surface area contributed by atoms with Crippen LogP contribution in [0.4, 0.5) is 9.18 Å². The summed E-state index contributed by atoms with van der Waals surface area (Å²) in [5, 5.41) is 5.36. The van der Waals surface area contributed by atoms with Crippen molar-refractivity contribution in [2.24, 2.45) is 5.92 Å². The molecule has 0 bridgehead atoms. The lowest BCUT2D eigenvalue weighted by atomic mass is 9.96. The van der Waals surface area contributed by atoms with E-state index in [0.717, 1.165) is 12.8 Å². The van der Waals surface area contributed by atoms with E-state index in [1.54, 1.807) is 37.8 Å². The van der Waals surface area contributed by atoms with E-state index in [1.807, 2.05) is 0 Å². The smallest absolute Gasteiger partial charge is 0.407 e. The molecule has 0 aliphatic carbocycles. The van der Waals surface area contributed by atoms with Crippen LogP contribution in [0.1, 0.15) is 50.4 Å². The van der Waals surface area contributed by atoms with Gasteiger partial charge in [0.2, 0.25) is 5.91 Å². The van der Waals surface area contributed by atoms with Gasteiger partial charge in [0.25, 0.3) is 5.91 Å². The zero-order chi connectivity index (χ0) is 21.4. The van der Waals surface area contributed by atoms with Gasteiger partial charge in [0.15, 0.2) is 0 Å². The van der Waals surface area contributed by atoms with Gasteiger partial charge in [-0.15, -0.1) is 0 Å². The van der Waals surface area contributed by atoms with Gasteiger partial charge in [0.05, 0.1) is 5.56 Å². The maximum atomic E-state index is 13.6. The summed E-state index contributed by atoms with van der Waals surface area (Å²) in [4.78, 5) is 37.7. The largest absolute Gasteiger partial charge is 0.444 e. The lowest BCUT2D eigenvalue weighted by molar-refractivity contribution is -0.132. The molecule has 1 aromatic rings. The average molecular weight is 407 g/mol. The van der Waals surface area contributed by atoms with Crippen LogP contribution in [0.25, 0.3) is 0 Å². The Labute approximate surface area is 171 Å². The molecule has 0 unspecified atom stereocenters. The molecule has 0 atom stereocenters. The number of nitrogens with one attached hydrogen (secondary N) is 2. The molecule has 1 aliphatic heterocycles. The summed E-state index contributed by atoms with van der Waals surface area (Å²) in [6.45, 7) is 7.22. The first-order chi connectivity index (χ1) is 13.7. The van der Waals surface area contributed by atoms with E-state index in [2.05, 4.69) is 10.6 Å². The molecule has 160 valence electrons. The second-order valence-corrected chi connectivity index (χ2v) is 8.19. The molecule has 1 aliphatic rings. The highest BCUT2D eigenvalue weighted by molar-refractivity contribution is 5.94. The monoisotopic (exact) mass is 407 g/mol. The SMILES string of the molecule is CC(C)(C)OC(=O)NCCC(=O)N1CCC(CNC(=O)c2ccccc2F)CC1. The Morgan fingerprint density at radius 2 is 1.79 bits per heavy atom. The van der Waals surface area contributed by atoms with Gasteiger partial charge in [-0.25, -0.2) is 9.18 Å². The van der Waals surface area contributed by atoms with Gasteiger partial charge in [-0.3, -0.25) is 9.59 Å². The van der Waals surface area contributed by atoms with Crippen molar-refractivity contribution in [3.63, 3.8) is 0 Å². The molecule has 0 saturated carbocycles. The minimum absolute atomic E-state index is 0.0186. The summed E-state index contributed by atoms with van der Waals surface area (Å²) < 4.78 is 18.8. The normalized spacial score (nSPS) is 15.0. The third kappa shape index (κ3) is 7.71. The second kappa shape index (κ2) is 10.2. The van der Waals surface area contributed by atoms with Crippen molar-refractivity contribution >= 4 is 17.9 Å². The van der Waals surface area contributed by atoms with Crippen LogP contribution in [-0.2, 0) is 9.53 Å². The minimum atomic E-state index is -0.572. The van der Waals surface area contributed by atoms with Gasteiger partial charge in [-0.1, -0.05) is 12.1 Å². The van der Waals surface area contributed by atoms with Gasteiger partial charge >= 0.3 is 6.09 Å². The molecule has 7 nitrogen and oxygen atoms in total. The number of likely N-dealkylation sites (tertiary alicyclic amines) is 1. The molecule has 8 heteroatoms. The van der Waals surface area contributed by atoms with Gasteiger partial charge < -0.3 is 20.3 Å². The zero-order valence-corrected chi connectivity index (χ0v) is 17.3. The van der Waals surface area contributed by atoms with Crippen molar-refractivity contribution < 1.29 is 23.5 Å². The maximum Gasteiger partial charge on any atom is 0.407 e. The van der Waals surface area contributed by atoms with Crippen molar-refractivity contribution in [3.05, 3.63) is 35.6 Å². The second-order valence-electron chi connectivity index (χ2n) is 8.19. The summed E-state index contributed by atoms with van der Waals surface area (Å²) in [5.41, 5.74) is -0.532. The van der Waals surface area contributed by atoms with E-state index in [-0.39, 0.29) is 30.4 Å². The van der Waals surface area contributed by atoms with Crippen LogP contribution >= 0.6 is 0 Å². The molecular weight excluding hydrogens is 377 g/mol. The van der Waals surface area contributed by atoms with Crippen molar-refractivity contribution in [2.75, 3.05) is 26.2 Å². The molecule has 0 aromatic heterocycles. The Kier molecular flexibility index (Phi) is 7.99. The van der Waals surface area contributed by atoms with Crippen LogP contribution in [0.2, 0.25) is 0 Å². The Morgan fingerprint density at radius 3 is 2.41 bits per heavy atom. The third-order valence-electron chi connectivity index (χ3n) is 4.64. The van der Waals surface area contributed by atoms with Gasteiger partial charge in [0.1, 0.15) is 11.4 Å². The molecule has 29 heavy (non-hydrogen) atoms. The lowest BCUT2D eigenvalue weighted by Crippen LogP contribution is -2.42. The quantitative estimate of drug-likeness (QED) is 0.759. The number of rotatable bonds is 6. The zero-order valence-electron chi connectivity index (χ0n) is 17.3. The number of halogens is 1. The fraction of sp³-hybridized carbons (Fsp3) is 0.571. The summed E-state index contributed by atoms with van der Waals surface area (Å²) in [7, 11) is 0. The molecule has 1 saturated heterocycles. The van der Waals surface area contributed by atoms with E-state index in [9.17, 15) is 18.8 Å². The number of piperidine rings is 1. The number of amides is 3. The van der Waals surface area contributed by atoms with E-state index < -0.39 is 23.4 Å². The Bertz CT molecular complexity index is 725. The topological polar surface area (TPSA) is 87.7 Å². The number of alkyl carbamates (subject to hydrolysis) is 1. The standard InChI is InChI=1S/C21H30FN3O4/c1-21(2,3)29-20(28)23-11-8-18(26)25-12-9-15(10-13-25)14-24-19(27)16-6-4-5-7-17(16)22/h4-7,15H,8-14H2,1-3H3,(H,23,28)(H,24,27). The number of ether oxygens (including phenoxy) is 1. The number of nitrogens with zero attached hydrogens (tertiary/aromatic N) is 1. The molecule has 0 radical (unpaired) electrons. The molecule has 2 N–H and O–H groups in total. The van der Waals surface area contributed by atoms with E-state index in [1.165, 1.54) is 12.1 Å². The molecule has 3 amide bonds. The van der Waals surface area contributed by atoms with Crippen molar-refractivity contribution in [3.8, 4) is 0 Å². The van der Waals surface area contributed by atoms with Gasteiger partial charge in [-0.05, 0) is 51.7 Å². The Hall–Kier alpha value is -2.64. The first-order valence-electron chi connectivity index (χ1n) is 9.93. The summed E-state index contributed by atoms with van der Waals surface area (Å²) >= 11 is 0. The molecule has 0 spiro atoms. The number of hydrogen-bond acceptors (Lipinski definition) is 4. The van der Waals surface area contributed by atoms with Crippen LogP contribution in [0.3, 0.4) is 0 Å². The van der Waals surface area contributed by atoms with Crippen molar-refractivity contribution in [1.29, 1.82) is 0 Å². The fourth-order valence-electron chi connectivity index (χ4n) is 3.11. The number of hydrogen-bond donors (Lipinski definition) is 2. The Balaban J connectivity index is 1.65. The molecule has 2 rings (SSSR count). The van der Waals surface area contributed by atoms with E-state index in [4.69, 9.17) is 4.74 Å². The average Bonchev–Trinajstić information content (AvgIpc) is 2.65. The predicted octanol–water partition coefficient (Wildman–Crippen LogP) is 2.71. The highest BCUT2D eigenvalue weighted by Crippen LogP contribution is 2.17. The van der Waals surface area contributed by atoms with Crippen LogP contribution in [-0.4, -0.2) is 54.6 Å². The highest BCUT2D eigenvalue weighted by Gasteiger charge is 2.24. The number of benzene rings is 1. The third-order valence-corrected chi connectivity index (χ3v) is 4.64. The van der Waals surface area contributed by atoms with Crippen molar-refractivity contribution in [1.82, 2.24) is 15.5 Å². The van der Waals surface area contributed by atoms with Crippen LogP contribution < -0.4 is 10.6 Å². The van der Waals surface area contributed by atoms with Crippen LogP contribution in [0, 0.1) is 11.7 Å². The molecule has 1 fully saturated rings. The van der Waals surface area contributed by atoms with E-state index >= 15 is 0 Å². The maximum absolute atomic E-state index is 13.6. The summed E-state index contributed by atoms with van der Waals surface area (Å²) in [5.74, 6) is -0.732. The highest BCUT2D eigenvalue weighted by atomic mass is 19.1. The van der Waals surface area contributed by atoms with Crippen LogP contribution in [0.15, 0.2) is 24.3 Å². The van der Waals surface area contributed by atoms with Crippen LogP contribution in [0.5, 0.6) is 0 Å². The minimum Gasteiger partial charge on any atom is -0.444 e. The summed E-state index contributed by atoms with van der Waals surface area (Å²) in [6, 6.07) is 5.88. The predicted molar refractivity (Wildman–Crippen MR) is 107 cm³/mol. The molecular formula is C21H30FN3O4. The first kappa shape index (κ1) is 22.6. The lowest BCUT2D eigenvalue weighted by Gasteiger charge is -2.32. The van der Waals surface area contributed by atoms with Gasteiger partial charge in [-0.2, -0.15) is 0 Å². The number of carbonyl (C=O) groups excluding carboxylic acids is 3.